The highest BCUT2D eigenvalue weighted by Crippen LogP contribution is 2.43. The van der Waals surface area contributed by atoms with Gasteiger partial charge in [-0.1, -0.05) is 164 Å². The average molecular weight is 793 g/mol. The number of aromatic nitrogens is 4. The second kappa shape index (κ2) is 14.7. The van der Waals surface area contributed by atoms with Crippen molar-refractivity contribution in [1.82, 2.24) is 19.5 Å². The molecule has 0 atom stereocenters. The molecule has 12 rings (SSSR count). The van der Waals surface area contributed by atoms with Crippen LogP contribution in [0.3, 0.4) is 0 Å². The third-order valence-corrected chi connectivity index (χ3v) is 11.8. The van der Waals surface area contributed by atoms with Gasteiger partial charge in [-0.15, -0.1) is 0 Å². The van der Waals surface area contributed by atoms with Crippen molar-refractivity contribution in [1.29, 1.82) is 0 Å². The van der Waals surface area contributed by atoms with Crippen LogP contribution in [0.2, 0.25) is 0 Å². The van der Waals surface area contributed by atoms with Gasteiger partial charge in [-0.2, -0.15) is 0 Å². The molecule has 0 spiro atoms. The van der Waals surface area contributed by atoms with E-state index >= 15 is 0 Å². The molecule has 9 aromatic carbocycles. The standard InChI is InChI=1S/C57H36N4O/c1-5-17-37(18-6-1)42-33-43(38-19-7-2-8-20-38)35-44(34-42)41-29-31-50(48(36-41)57-59-55(39-21-9-3-10-22-39)58-56(60-57)40-23-11-4-12-24-40)61-49-27-15-13-26-47(49)53-51(61)32-30-46-45-25-14-16-28-52(45)62-54(46)53/h1-36H. The van der Waals surface area contributed by atoms with Gasteiger partial charge < -0.3 is 8.98 Å². The minimum Gasteiger partial charge on any atom is -0.455 e. The van der Waals surface area contributed by atoms with E-state index in [4.69, 9.17) is 19.4 Å². The van der Waals surface area contributed by atoms with Crippen molar-refractivity contribution in [3.05, 3.63) is 218 Å². The SMILES string of the molecule is c1ccc(-c2cc(-c3ccccc3)cc(-c3ccc(-n4c5ccccc5c5c6oc7ccccc7c6ccc54)c(-c4nc(-c5ccccc5)nc(-c5ccccc5)n4)c3)c2)cc1. The summed E-state index contributed by atoms with van der Waals surface area (Å²) in [6.07, 6.45) is 0. The molecule has 0 radical (unpaired) electrons. The number of para-hydroxylation sites is 2. The van der Waals surface area contributed by atoms with Crippen LogP contribution in [0.4, 0.5) is 0 Å². The van der Waals surface area contributed by atoms with Gasteiger partial charge in [0.1, 0.15) is 11.2 Å². The molecule has 0 bridgehead atoms. The van der Waals surface area contributed by atoms with Crippen molar-refractivity contribution in [3.63, 3.8) is 0 Å². The number of hydrogen-bond donors (Lipinski definition) is 0. The zero-order valence-corrected chi connectivity index (χ0v) is 33.5. The van der Waals surface area contributed by atoms with Crippen LogP contribution < -0.4 is 0 Å². The first-order valence-corrected chi connectivity index (χ1v) is 20.8. The average Bonchev–Trinajstić information content (AvgIpc) is 3.90. The van der Waals surface area contributed by atoms with Crippen molar-refractivity contribution in [2.24, 2.45) is 0 Å². The maximum Gasteiger partial charge on any atom is 0.166 e. The third kappa shape index (κ3) is 6.06. The van der Waals surface area contributed by atoms with Gasteiger partial charge in [0.15, 0.2) is 17.5 Å². The lowest BCUT2D eigenvalue weighted by atomic mass is 9.92. The Balaban J connectivity index is 1.16. The fourth-order valence-corrected chi connectivity index (χ4v) is 8.90. The van der Waals surface area contributed by atoms with Crippen LogP contribution in [-0.2, 0) is 0 Å². The van der Waals surface area contributed by atoms with Gasteiger partial charge >= 0.3 is 0 Å². The summed E-state index contributed by atoms with van der Waals surface area (Å²) in [5, 5.41) is 4.37. The van der Waals surface area contributed by atoms with Crippen molar-refractivity contribution in [2.75, 3.05) is 0 Å². The van der Waals surface area contributed by atoms with Crippen LogP contribution in [0, 0.1) is 0 Å². The normalized spacial score (nSPS) is 11.5. The van der Waals surface area contributed by atoms with Crippen molar-refractivity contribution >= 4 is 43.7 Å². The smallest absolute Gasteiger partial charge is 0.166 e. The van der Waals surface area contributed by atoms with E-state index in [1.54, 1.807) is 0 Å². The van der Waals surface area contributed by atoms with Crippen LogP contribution in [0.5, 0.6) is 0 Å². The predicted molar refractivity (Wildman–Crippen MR) is 254 cm³/mol. The van der Waals surface area contributed by atoms with Gasteiger partial charge in [-0.05, 0) is 88.0 Å². The monoisotopic (exact) mass is 792 g/mol. The van der Waals surface area contributed by atoms with E-state index in [0.717, 1.165) is 99.5 Å². The number of furan rings is 1. The number of nitrogens with zero attached hydrogens (tertiary/aromatic N) is 4. The quantitative estimate of drug-likeness (QED) is 0.161. The Morgan fingerprint density at radius 1 is 0.323 bits per heavy atom. The number of fused-ring (bicyclic) bond motifs is 7. The first kappa shape index (κ1) is 35.5. The van der Waals surface area contributed by atoms with E-state index in [2.05, 4.69) is 174 Å². The zero-order valence-electron chi connectivity index (χ0n) is 33.5. The van der Waals surface area contributed by atoms with Gasteiger partial charge in [-0.25, -0.2) is 15.0 Å². The lowest BCUT2D eigenvalue weighted by Crippen LogP contribution is -2.04. The summed E-state index contributed by atoms with van der Waals surface area (Å²) in [6.45, 7) is 0. The van der Waals surface area contributed by atoms with Crippen LogP contribution in [0.25, 0.3) is 117 Å². The highest BCUT2D eigenvalue weighted by Gasteiger charge is 2.23. The molecule has 62 heavy (non-hydrogen) atoms. The Kier molecular flexibility index (Phi) is 8.42. The molecule has 3 aromatic heterocycles. The van der Waals surface area contributed by atoms with Crippen molar-refractivity contribution in [2.45, 2.75) is 0 Å². The second-order valence-electron chi connectivity index (χ2n) is 15.6. The van der Waals surface area contributed by atoms with E-state index in [-0.39, 0.29) is 0 Å². The van der Waals surface area contributed by atoms with Gasteiger partial charge in [0.05, 0.1) is 22.1 Å². The van der Waals surface area contributed by atoms with E-state index in [0.29, 0.717) is 17.5 Å². The summed E-state index contributed by atoms with van der Waals surface area (Å²) in [4.78, 5) is 15.7. The summed E-state index contributed by atoms with van der Waals surface area (Å²) < 4.78 is 9.04. The summed E-state index contributed by atoms with van der Waals surface area (Å²) in [5.74, 6) is 1.79. The minimum atomic E-state index is 0.577. The molecule has 0 aliphatic heterocycles. The molecule has 0 unspecified atom stereocenters. The van der Waals surface area contributed by atoms with E-state index in [9.17, 15) is 0 Å². The molecule has 0 saturated heterocycles. The van der Waals surface area contributed by atoms with E-state index in [1.165, 1.54) is 0 Å². The van der Waals surface area contributed by atoms with E-state index in [1.807, 2.05) is 48.5 Å². The molecule has 3 heterocycles. The second-order valence-corrected chi connectivity index (χ2v) is 15.6. The molecule has 0 N–H and O–H groups in total. The third-order valence-electron chi connectivity index (χ3n) is 11.8. The minimum absolute atomic E-state index is 0.577. The topological polar surface area (TPSA) is 56.7 Å². The Bertz CT molecular complexity index is 3500. The largest absolute Gasteiger partial charge is 0.455 e. The Morgan fingerprint density at radius 3 is 1.44 bits per heavy atom. The number of rotatable bonds is 7. The Hall–Kier alpha value is -8.41. The zero-order chi connectivity index (χ0) is 41.0. The lowest BCUT2D eigenvalue weighted by Gasteiger charge is -2.17. The number of hydrogen-bond acceptors (Lipinski definition) is 4. The molecular weight excluding hydrogens is 757 g/mol. The summed E-state index contributed by atoms with van der Waals surface area (Å²) in [6, 6.07) is 76.4. The van der Waals surface area contributed by atoms with E-state index < -0.39 is 0 Å². The fraction of sp³-hybridized carbons (Fsp3) is 0. The summed E-state index contributed by atoms with van der Waals surface area (Å²) in [7, 11) is 0. The van der Waals surface area contributed by atoms with Crippen LogP contribution in [0.1, 0.15) is 0 Å². The predicted octanol–water partition coefficient (Wildman–Crippen LogP) is 14.9. The highest BCUT2D eigenvalue weighted by molar-refractivity contribution is 6.24. The van der Waals surface area contributed by atoms with Gasteiger partial charge in [0.25, 0.3) is 0 Å². The molecule has 0 aliphatic rings. The molecule has 5 nitrogen and oxygen atoms in total. The molecule has 0 amide bonds. The Labute approximate surface area is 357 Å². The molecule has 0 saturated carbocycles. The molecule has 290 valence electrons. The van der Waals surface area contributed by atoms with Gasteiger partial charge in [0.2, 0.25) is 0 Å². The lowest BCUT2D eigenvalue weighted by molar-refractivity contribution is 0.673. The molecular formula is C57H36N4O. The molecule has 0 aliphatic carbocycles. The Morgan fingerprint density at radius 2 is 0.823 bits per heavy atom. The van der Waals surface area contributed by atoms with Crippen LogP contribution >= 0.6 is 0 Å². The maximum absolute atomic E-state index is 6.69. The molecule has 0 fully saturated rings. The van der Waals surface area contributed by atoms with Crippen molar-refractivity contribution in [3.8, 4) is 73.2 Å². The molecule has 5 heteroatoms. The number of benzene rings is 9. The highest BCUT2D eigenvalue weighted by atomic mass is 16.3. The summed E-state index contributed by atoms with van der Waals surface area (Å²) in [5.41, 5.74) is 14.2. The molecule has 12 aromatic rings. The van der Waals surface area contributed by atoms with Crippen LogP contribution in [-0.4, -0.2) is 19.5 Å². The first-order valence-electron chi connectivity index (χ1n) is 20.8. The van der Waals surface area contributed by atoms with Gasteiger partial charge in [-0.3, -0.25) is 0 Å². The van der Waals surface area contributed by atoms with Gasteiger partial charge in [0, 0.05) is 32.8 Å². The summed E-state index contributed by atoms with van der Waals surface area (Å²) >= 11 is 0. The fourth-order valence-electron chi connectivity index (χ4n) is 8.90. The van der Waals surface area contributed by atoms with Crippen LogP contribution in [0.15, 0.2) is 223 Å². The maximum atomic E-state index is 6.69. The van der Waals surface area contributed by atoms with Crippen molar-refractivity contribution < 1.29 is 4.42 Å². The first-order chi connectivity index (χ1) is 30.7.